The van der Waals surface area contributed by atoms with Crippen molar-refractivity contribution in [2.45, 2.75) is 37.6 Å². The average Bonchev–Trinajstić information content (AvgIpc) is 2.96. The minimum atomic E-state index is -0.538. The molecule has 0 bridgehead atoms. The van der Waals surface area contributed by atoms with Gasteiger partial charge in [-0.3, -0.25) is 14.4 Å². The van der Waals surface area contributed by atoms with Gasteiger partial charge >= 0.3 is 0 Å². The number of nitrogens with zero attached hydrogens (tertiary/aromatic N) is 1. The number of piperidine rings is 1. The van der Waals surface area contributed by atoms with E-state index in [1.54, 1.807) is 4.90 Å². The molecular weight excluding hydrogens is 332 g/mol. The Hall–Kier alpha value is -2.41. The summed E-state index contributed by atoms with van der Waals surface area (Å²) in [7, 11) is 0. The number of piperazine rings is 1. The van der Waals surface area contributed by atoms with Gasteiger partial charge in [0, 0.05) is 38.3 Å². The summed E-state index contributed by atoms with van der Waals surface area (Å²) in [5.74, 6) is -0.519. The number of hydrogen-bond donors (Lipinski definition) is 3. The number of para-hydroxylation sites is 1. The lowest BCUT2D eigenvalue weighted by molar-refractivity contribution is -0.139. The highest BCUT2D eigenvalue weighted by atomic mass is 16.2. The molecule has 4 rings (SSSR count). The van der Waals surface area contributed by atoms with Crippen LogP contribution in [-0.4, -0.2) is 54.3 Å². The predicted molar refractivity (Wildman–Crippen MR) is 96.7 cm³/mol. The summed E-state index contributed by atoms with van der Waals surface area (Å²) in [4.78, 5) is 39.1. The molecule has 7 heteroatoms. The van der Waals surface area contributed by atoms with Crippen LogP contribution >= 0.6 is 0 Å². The molecule has 0 radical (unpaired) electrons. The van der Waals surface area contributed by atoms with Crippen molar-refractivity contribution in [1.29, 1.82) is 0 Å². The molecule has 3 amide bonds. The summed E-state index contributed by atoms with van der Waals surface area (Å²) in [6.45, 7) is 4.44. The van der Waals surface area contributed by atoms with Crippen LogP contribution in [0.5, 0.6) is 0 Å². The quantitative estimate of drug-likeness (QED) is 0.720. The summed E-state index contributed by atoms with van der Waals surface area (Å²) in [6.07, 6.45) is 1.39. The number of carbonyl (C=O) groups is 3. The van der Waals surface area contributed by atoms with E-state index in [0.717, 1.165) is 23.4 Å². The van der Waals surface area contributed by atoms with E-state index in [1.165, 1.54) is 0 Å². The van der Waals surface area contributed by atoms with Gasteiger partial charge in [-0.15, -0.1) is 0 Å². The van der Waals surface area contributed by atoms with Crippen molar-refractivity contribution in [1.82, 2.24) is 15.5 Å². The maximum Gasteiger partial charge on any atom is 0.240 e. The summed E-state index contributed by atoms with van der Waals surface area (Å²) >= 11 is 0. The summed E-state index contributed by atoms with van der Waals surface area (Å²) in [5.41, 5.74) is 2.23. The molecule has 1 aromatic carbocycles. The molecule has 138 valence electrons. The highest BCUT2D eigenvalue weighted by Gasteiger charge is 2.44. The Balaban J connectivity index is 1.42. The number of hydrogen-bond acceptors (Lipinski definition) is 4. The zero-order chi connectivity index (χ0) is 18.3. The van der Waals surface area contributed by atoms with Crippen LogP contribution in [-0.2, 0) is 14.4 Å². The Morgan fingerprint density at radius 3 is 2.73 bits per heavy atom. The van der Waals surface area contributed by atoms with E-state index in [-0.39, 0.29) is 24.1 Å². The van der Waals surface area contributed by atoms with Crippen LogP contribution in [0, 0.1) is 6.92 Å². The monoisotopic (exact) mass is 356 g/mol. The zero-order valence-corrected chi connectivity index (χ0v) is 14.9. The number of amides is 3. The third-order valence-electron chi connectivity index (χ3n) is 5.90. The number of nitrogens with one attached hydrogen (secondary N) is 3. The number of rotatable bonds is 2. The number of likely N-dealkylation sites (tertiary alicyclic amines) is 1. The van der Waals surface area contributed by atoms with Crippen LogP contribution in [0.1, 0.15) is 36.3 Å². The number of carbonyl (C=O) groups excluding carboxylic acids is 3. The van der Waals surface area contributed by atoms with E-state index in [2.05, 4.69) is 16.0 Å². The first-order chi connectivity index (χ1) is 12.5. The van der Waals surface area contributed by atoms with Gasteiger partial charge in [-0.2, -0.15) is 0 Å². The van der Waals surface area contributed by atoms with Crippen LogP contribution in [0.4, 0.5) is 5.69 Å². The highest BCUT2D eigenvalue weighted by Crippen LogP contribution is 2.37. The van der Waals surface area contributed by atoms with Crippen molar-refractivity contribution in [2.24, 2.45) is 0 Å². The van der Waals surface area contributed by atoms with Crippen LogP contribution in [0.3, 0.4) is 0 Å². The molecule has 0 aromatic heterocycles. The minimum Gasteiger partial charge on any atom is -0.353 e. The molecule has 3 heterocycles. The van der Waals surface area contributed by atoms with Gasteiger partial charge in [0.2, 0.25) is 17.7 Å². The fraction of sp³-hybridized carbons (Fsp3) is 0.526. The van der Waals surface area contributed by atoms with E-state index in [1.807, 2.05) is 25.1 Å². The van der Waals surface area contributed by atoms with Crippen LogP contribution in [0.2, 0.25) is 0 Å². The Kier molecular flexibility index (Phi) is 4.19. The number of anilines is 1. The molecule has 1 aromatic rings. The first-order valence-electron chi connectivity index (χ1n) is 9.22. The van der Waals surface area contributed by atoms with Crippen molar-refractivity contribution in [3.05, 3.63) is 29.3 Å². The molecule has 7 nitrogen and oxygen atoms in total. The topological polar surface area (TPSA) is 90.5 Å². The van der Waals surface area contributed by atoms with Crippen molar-refractivity contribution in [2.75, 3.05) is 31.5 Å². The maximum atomic E-state index is 12.8. The Morgan fingerprint density at radius 2 is 2.00 bits per heavy atom. The maximum absolute atomic E-state index is 12.8. The third-order valence-corrected chi connectivity index (χ3v) is 5.90. The average molecular weight is 356 g/mol. The Bertz CT molecular complexity index is 768. The lowest BCUT2D eigenvalue weighted by Crippen LogP contribution is -2.66. The Labute approximate surface area is 152 Å². The van der Waals surface area contributed by atoms with Crippen LogP contribution < -0.4 is 16.0 Å². The molecule has 3 aliphatic rings. The van der Waals surface area contributed by atoms with Gasteiger partial charge in [-0.1, -0.05) is 18.2 Å². The second-order valence-corrected chi connectivity index (χ2v) is 7.43. The standard InChI is InChI=1S/C19H24N4O3/c1-12-3-2-4-13-14(17(25)22-16(12)13)11-15(24)23-9-5-19(6-10-23)18(26)20-7-8-21-19/h2-4,14,21H,5-11H2,1H3,(H,20,26)(H,22,25)/t14-/m0/s1. The van der Waals surface area contributed by atoms with Gasteiger partial charge < -0.3 is 20.9 Å². The molecule has 3 aliphatic heterocycles. The second kappa shape index (κ2) is 6.39. The molecule has 2 fully saturated rings. The minimum absolute atomic E-state index is 0.0226. The van der Waals surface area contributed by atoms with Crippen molar-refractivity contribution in [3.63, 3.8) is 0 Å². The predicted octanol–water partition coefficient (Wildman–Crippen LogP) is 0.501. The fourth-order valence-electron chi connectivity index (χ4n) is 4.28. The van der Waals surface area contributed by atoms with E-state index in [9.17, 15) is 14.4 Å². The van der Waals surface area contributed by atoms with Gasteiger partial charge in [-0.25, -0.2) is 0 Å². The number of benzene rings is 1. The first-order valence-corrected chi connectivity index (χ1v) is 9.22. The van der Waals surface area contributed by atoms with Gasteiger partial charge in [-0.05, 0) is 30.9 Å². The first kappa shape index (κ1) is 17.0. The van der Waals surface area contributed by atoms with Crippen molar-refractivity contribution >= 4 is 23.4 Å². The van der Waals surface area contributed by atoms with E-state index in [4.69, 9.17) is 0 Å². The van der Waals surface area contributed by atoms with Crippen molar-refractivity contribution < 1.29 is 14.4 Å². The van der Waals surface area contributed by atoms with Crippen molar-refractivity contribution in [3.8, 4) is 0 Å². The number of aryl methyl sites for hydroxylation is 1. The second-order valence-electron chi connectivity index (χ2n) is 7.43. The van der Waals surface area contributed by atoms with Gasteiger partial charge in [0.15, 0.2) is 0 Å². The van der Waals surface area contributed by atoms with Gasteiger partial charge in [0.05, 0.1) is 5.92 Å². The molecule has 0 unspecified atom stereocenters. The zero-order valence-electron chi connectivity index (χ0n) is 14.9. The van der Waals surface area contributed by atoms with Gasteiger partial charge in [0.1, 0.15) is 5.54 Å². The molecule has 0 saturated carbocycles. The summed E-state index contributed by atoms with van der Waals surface area (Å²) in [5, 5.41) is 9.14. The van der Waals surface area contributed by atoms with E-state index in [0.29, 0.717) is 32.5 Å². The molecule has 3 N–H and O–H groups in total. The molecule has 26 heavy (non-hydrogen) atoms. The summed E-state index contributed by atoms with van der Waals surface area (Å²) < 4.78 is 0. The van der Waals surface area contributed by atoms with Crippen LogP contribution in [0.15, 0.2) is 18.2 Å². The Morgan fingerprint density at radius 1 is 1.23 bits per heavy atom. The highest BCUT2D eigenvalue weighted by molar-refractivity contribution is 6.05. The molecule has 0 aliphatic carbocycles. The lowest BCUT2D eigenvalue weighted by Gasteiger charge is -2.43. The molecular formula is C19H24N4O3. The SMILES string of the molecule is Cc1cccc2c1NC(=O)[C@H]2CC(=O)N1CCC2(CC1)NCCNC2=O. The summed E-state index contributed by atoms with van der Waals surface area (Å²) in [6, 6.07) is 5.79. The largest absolute Gasteiger partial charge is 0.353 e. The molecule has 2 saturated heterocycles. The van der Waals surface area contributed by atoms with Gasteiger partial charge in [0.25, 0.3) is 0 Å². The van der Waals surface area contributed by atoms with E-state index >= 15 is 0 Å². The lowest BCUT2D eigenvalue weighted by atomic mass is 9.84. The third kappa shape index (κ3) is 2.76. The number of fused-ring (bicyclic) bond motifs is 1. The normalized spacial score (nSPS) is 24.2. The fourth-order valence-corrected chi connectivity index (χ4v) is 4.28. The molecule has 1 spiro atoms. The smallest absolute Gasteiger partial charge is 0.240 e. The van der Waals surface area contributed by atoms with E-state index < -0.39 is 11.5 Å². The van der Waals surface area contributed by atoms with Crippen LogP contribution in [0.25, 0.3) is 0 Å². The molecule has 1 atom stereocenters.